The molecule has 0 radical (unpaired) electrons. The van der Waals surface area contributed by atoms with Gasteiger partial charge in [0, 0.05) is 0 Å². The number of hydrogen-bond acceptors (Lipinski definition) is 0. The first-order valence-corrected chi connectivity index (χ1v) is 13.3. The monoisotopic (exact) mass is 374 g/mol. The summed E-state index contributed by atoms with van der Waals surface area (Å²) in [6, 6.07) is 0. The first-order valence-electron chi connectivity index (χ1n) is 13.3. The second kappa shape index (κ2) is 11.9. The van der Waals surface area contributed by atoms with Gasteiger partial charge in [-0.1, -0.05) is 84.5 Å². The van der Waals surface area contributed by atoms with Gasteiger partial charge in [0.05, 0.1) is 0 Å². The summed E-state index contributed by atoms with van der Waals surface area (Å²) in [5.41, 5.74) is 0. The van der Waals surface area contributed by atoms with Crippen molar-refractivity contribution in [2.45, 2.75) is 136 Å². The average Bonchev–Trinajstić information content (AvgIpc) is 2.72. The predicted molar refractivity (Wildman–Crippen MR) is 120 cm³/mol. The molecule has 0 heterocycles. The average molecular weight is 375 g/mol. The summed E-state index contributed by atoms with van der Waals surface area (Å²) in [6.07, 6.45) is 29.2. The molecule has 0 saturated heterocycles. The number of rotatable bonds is 9. The number of hydrogen-bond donors (Lipinski definition) is 0. The lowest BCUT2D eigenvalue weighted by Crippen LogP contribution is -2.29. The zero-order chi connectivity index (χ0) is 18.9. The summed E-state index contributed by atoms with van der Waals surface area (Å²) >= 11 is 0. The smallest absolute Gasteiger partial charge is 0.0386 e. The van der Waals surface area contributed by atoms with E-state index >= 15 is 0 Å². The van der Waals surface area contributed by atoms with Crippen molar-refractivity contribution >= 4 is 0 Å². The summed E-state index contributed by atoms with van der Waals surface area (Å²) < 4.78 is 0. The van der Waals surface area contributed by atoms with E-state index < -0.39 is 0 Å². The summed E-state index contributed by atoms with van der Waals surface area (Å²) in [5, 5.41) is 0. The van der Waals surface area contributed by atoms with E-state index in [9.17, 15) is 0 Å². The van der Waals surface area contributed by atoms with E-state index in [1.165, 1.54) is 51.4 Å². The van der Waals surface area contributed by atoms with Gasteiger partial charge in [-0.3, -0.25) is 0 Å². The first-order chi connectivity index (χ1) is 13.3. The van der Waals surface area contributed by atoms with Crippen molar-refractivity contribution in [1.82, 2.24) is 0 Å². The minimum atomic E-state index is 1.02. The lowest BCUT2D eigenvalue weighted by molar-refractivity contribution is 0.105. The lowest BCUT2D eigenvalue weighted by Gasteiger charge is -2.41. The molecule has 3 rings (SSSR count). The molecular formula is C27H50. The van der Waals surface area contributed by atoms with Crippen LogP contribution in [-0.2, 0) is 0 Å². The molecule has 0 atom stereocenters. The van der Waals surface area contributed by atoms with Crippen molar-refractivity contribution in [2.75, 3.05) is 0 Å². The molecule has 158 valence electrons. The van der Waals surface area contributed by atoms with Crippen molar-refractivity contribution in [3.05, 3.63) is 0 Å². The molecule has 0 N–H and O–H groups in total. The van der Waals surface area contributed by atoms with Gasteiger partial charge < -0.3 is 0 Å². The van der Waals surface area contributed by atoms with Crippen molar-refractivity contribution in [1.29, 1.82) is 0 Å². The van der Waals surface area contributed by atoms with Crippen molar-refractivity contribution in [2.24, 2.45) is 35.5 Å². The fourth-order valence-corrected chi connectivity index (χ4v) is 7.01. The highest BCUT2D eigenvalue weighted by molar-refractivity contribution is 4.85. The summed E-state index contributed by atoms with van der Waals surface area (Å²) in [4.78, 5) is 0. The molecule has 3 aliphatic rings. The van der Waals surface area contributed by atoms with Crippen LogP contribution in [0.3, 0.4) is 0 Å². The molecule has 3 aliphatic carbocycles. The van der Waals surface area contributed by atoms with E-state index in [0.29, 0.717) is 0 Å². The molecule has 0 heteroatoms. The van der Waals surface area contributed by atoms with Crippen molar-refractivity contribution in [3.63, 3.8) is 0 Å². The Balaban J connectivity index is 1.26. The van der Waals surface area contributed by atoms with E-state index in [1.54, 1.807) is 70.6 Å². The Bertz CT molecular complexity index is 361. The van der Waals surface area contributed by atoms with Crippen LogP contribution in [0.25, 0.3) is 0 Å². The summed E-state index contributed by atoms with van der Waals surface area (Å²) in [7, 11) is 0. The van der Waals surface area contributed by atoms with Gasteiger partial charge in [-0.15, -0.1) is 0 Å². The van der Waals surface area contributed by atoms with Gasteiger partial charge in [-0.2, -0.15) is 0 Å². The van der Waals surface area contributed by atoms with E-state index in [0.717, 1.165) is 35.5 Å². The number of unbranched alkanes of at least 4 members (excludes halogenated alkanes) is 5. The van der Waals surface area contributed by atoms with Crippen LogP contribution in [0.1, 0.15) is 136 Å². The summed E-state index contributed by atoms with van der Waals surface area (Å²) in [5.74, 6) is 6.54. The Kier molecular flexibility index (Phi) is 9.54. The molecule has 0 aromatic rings. The third-order valence-electron chi connectivity index (χ3n) is 9.07. The second-order valence-corrected chi connectivity index (χ2v) is 11.0. The third-order valence-corrected chi connectivity index (χ3v) is 9.07. The molecule has 0 unspecified atom stereocenters. The fraction of sp³-hybridized carbons (Fsp3) is 1.00. The van der Waals surface area contributed by atoms with Gasteiger partial charge in [-0.05, 0) is 86.9 Å². The topological polar surface area (TPSA) is 0 Å². The zero-order valence-electron chi connectivity index (χ0n) is 18.9. The van der Waals surface area contributed by atoms with Crippen LogP contribution in [0.2, 0.25) is 0 Å². The quantitative estimate of drug-likeness (QED) is 0.353. The van der Waals surface area contributed by atoms with Crippen molar-refractivity contribution < 1.29 is 0 Å². The molecule has 3 fully saturated rings. The SMILES string of the molecule is CCCCCCCCC1CCC(C2CCC(C3CCC(C)CC3)CC2)CC1. The van der Waals surface area contributed by atoms with Gasteiger partial charge >= 0.3 is 0 Å². The molecule has 0 bridgehead atoms. The van der Waals surface area contributed by atoms with Gasteiger partial charge in [0.25, 0.3) is 0 Å². The van der Waals surface area contributed by atoms with Crippen LogP contribution in [0.15, 0.2) is 0 Å². The Morgan fingerprint density at radius 1 is 0.481 bits per heavy atom. The molecule has 0 amide bonds. The van der Waals surface area contributed by atoms with E-state index in [4.69, 9.17) is 0 Å². The molecule has 0 aliphatic heterocycles. The standard InChI is InChI=1S/C27H50/c1-3-4-5-6-7-8-9-23-12-16-25(17-13-23)27-20-18-26(19-21-27)24-14-10-22(2)11-15-24/h22-27H,3-21H2,1-2H3. The second-order valence-electron chi connectivity index (χ2n) is 11.0. The summed E-state index contributed by atoms with van der Waals surface area (Å²) in [6.45, 7) is 4.79. The van der Waals surface area contributed by atoms with E-state index in [-0.39, 0.29) is 0 Å². The molecule has 3 saturated carbocycles. The van der Waals surface area contributed by atoms with E-state index in [1.807, 2.05) is 0 Å². The molecule has 0 aromatic carbocycles. The largest absolute Gasteiger partial charge is 0.0654 e. The van der Waals surface area contributed by atoms with Gasteiger partial charge in [0.2, 0.25) is 0 Å². The fourth-order valence-electron chi connectivity index (χ4n) is 7.01. The first kappa shape index (κ1) is 21.7. The molecular weight excluding hydrogens is 324 g/mol. The Morgan fingerprint density at radius 3 is 1.41 bits per heavy atom. The van der Waals surface area contributed by atoms with Crippen LogP contribution >= 0.6 is 0 Å². The third kappa shape index (κ3) is 7.08. The Hall–Kier alpha value is 0. The van der Waals surface area contributed by atoms with Crippen LogP contribution in [0.4, 0.5) is 0 Å². The molecule has 0 nitrogen and oxygen atoms in total. The van der Waals surface area contributed by atoms with Crippen molar-refractivity contribution in [3.8, 4) is 0 Å². The van der Waals surface area contributed by atoms with Crippen LogP contribution in [0, 0.1) is 35.5 Å². The zero-order valence-corrected chi connectivity index (χ0v) is 18.9. The van der Waals surface area contributed by atoms with Crippen LogP contribution < -0.4 is 0 Å². The van der Waals surface area contributed by atoms with E-state index in [2.05, 4.69) is 13.8 Å². The van der Waals surface area contributed by atoms with Gasteiger partial charge in [-0.25, -0.2) is 0 Å². The highest BCUT2D eigenvalue weighted by Crippen LogP contribution is 2.46. The minimum absolute atomic E-state index is 1.02. The molecule has 0 aromatic heterocycles. The highest BCUT2D eigenvalue weighted by Gasteiger charge is 2.34. The lowest BCUT2D eigenvalue weighted by atomic mass is 9.65. The highest BCUT2D eigenvalue weighted by atomic mass is 14.4. The minimum Gasteiger partial charge on any atom is -0.0654 e. The predicted octanol–water partition coefficient (Wildman–Crippen LogP) is 9.18. The Morgan fingerprint density at radius 2 is 0.889 bits per heavy atom. The van der Waals surface area contributed by atoms with Crippen LogP contribution in [-0.4, -0.2) is 0 Å². The Labute approximate surface area is 171 Å². The van der Waals surface area contributed by atoms with Gasteiger partial charge in [0.15, 0.2) is 0 Å². The maximum absolute atomic E-state index is 2.47. The molecule has 27 heavy (non-hydrogen) atoms. The van der Waals surface area contributed by atoms with Crippen LogP contribution in [0.5, 0.6) is 0 Å². The van der Waals surface area contributed by atoms with Gasteiger partial charge in [0.1, 0.15) is 0 Å². The molecule has 0 spiro atoms. The maximum atomic E-state index is 2.47. The maximum Gasteiger partial charge on any atom is -0.0386 e. The normalized spacial score (nSPS) is 38.0.